The van der Waals surface area contributed by atoms with Crippen molar-refractivity contribution in [3.8, 4) is 5.75 Å². The summed E-state index contributed by atoms with van der Waals surface area (Å²) in [5.74, 6) is 1.26. The van der Waals surface area contributed by atoms with Crippen LogP contribution in [0.15, 0.2) is 48.5 Å². The van der Waals surface area contributed by atoms with Crippen LogP contribution in [0.1, 0.15) is 30.9 Å². The van der Waals surface area contributed by atoms with Crippen molar-refractivity contribution in [1.29, 1.82) is 0 Å². The van der Waals surface area contributed by atoms with Gasteiger partial charge in [-0.2, -0.15) is 0 Å². The van der Waals surface area contributed by atoms with Crippen molar-refractivity contribution in [1.82, 2.24) is 9.80 Å². The van der Waals surface area contributed by atoms with Gasteiger partial charge in [0.2, 0.25) is 5.91 Å². The van der Waals surface area contributed by atoms with E-state index in [1.165, 1.54) is 16.8 Å². The highest BCUT2D eigenvalue weighted by Crippen LogP contribution is 2.31. The Labute approximate surface area is 186 Å². The van der Waals surface area contributed by atoms with E-state index < -0.39 is 0 Å². The van der Waals surface area contributed by atoms with Gasteiger partial charge in [0.15, 0.2) is 0 Å². The molecule has 1 fully saturated rings. The van der Waals surface area contributed by atoms with Gasteiger partial charge in [0.25, 0.3) is 0 Å². The van der Waals surface area contributed by atoms with Crippen molar-refractivity contribution in [3.63, 3.8) is 0 Å². The van der Waals surface area contributed by atoms with Crippen molar-refractivity contribution in [3.05, 3.63) is 59.7 Å². The Morgan fingerprint density at radius 3 is 2.55 bits per heavy atom. The van der Waals surface area contributed by atoms with Crippen molar-refractivity contribution in [2.45, 2.75) is 38.6 Å². The van der Waals surface area contributed by atoms with Gasteiger partial charge >= 0.3 is 0 Å². The van der Waals surface area contributed by atoms with Crippen LogP contribution in [0, 0.1) is 0 Å². The van der Waals surface area contributed by atoms with Crippen molar-refractivity contribution in [2.24, 2.45) is 0 Å². The minimum atomic E-state index is 0.277. The molecule has 5 nitrogen and oxygen atoms in total. The molecule has 1 aliphatic carbocycles. The van der Waals surface area contributed by atoms with Crippen molar-refractivity contribution >= 4 is 11.6 Å². The summed E-state index contributed by atoms with van der Waals surface area (Å²) >= 11 is 0. The number of fused-ring (bicyclic) bond motifs is 1. The molecule has 1 saturated heterocycles. The third kappa shape index (κ3) is 5.04. The molecule has 0 N–H and O–H groups in total. The van der Waals surface area contributed by atoms with Crippen LogP contribution in [0.2, 0.25) is 0 Å². The van der Waals surface area contributed by atoms with Gasteiger partial charge in [0.1, 0.15) is 5.75 Å². The van der Waals surface area contributed by atoms with E-state index in [0.29, 0.717) is 6.42 Å². The van der Waals surface area contributed by atoms with Crippen molar-refractivity contribution in [2.75, 3.05) is 51.3 Å². The molecule has 0 saturated carbocycles. The topological polar surface area (TPSA) is 36.0 Å². The van der Waals surface area contributed by atoms with Crippen LogP contribution in [-0.2, 0) is 17.6 Å². The fraction of sp³-hybridized carbons (Fsp3) is 0.500. The van der Waals surface area contributed by atoms with E-state index in [1.54, 1.807) is 7.11 Å². The Balaban J connectivity index is 1.35. The number of piperazine rings is 1. The molecule has 0 spiro atoms. The van der Waals surface area contributed by atoms with E-state index in [4.69, 9.17) is 4.74 Å². The summed E-state index contributed by atoms with van der Waals surface area (Å²) in [7, 11) is 1.74. The number of amides is 1. The van der Waals surface area contributed by atoms with Crippen LogP contribution in [0.3, 0.4) is 0 Å². The lowest BCUT2D eigenvalue weighted by atomic mass is 9.86. The molecule has 2 aliphatic rings. The summed E-state index contributed by atoms with van der Waals surface area (Å²) in [6, 6.07) is 17.3. The Kier molecular flexibility index (Phi) is 7.13. The molecule has 1 amide bonds. The quantitative estimate of drug-likeness (QED) is 0.684. The van der Waals surface area contributed by atoms with Gasteiger partial charge in [-0.25, -0.2) is 0 Å². The first-order valence-corrected chi connectivity index (χ1v) is 11.7. The normalized spacial score (nSPS) is 19.0. The van der Waals surface area contributed by atoms with Gasteiger partial charge < -0.3 is 14.5 Å². The van der Waals surface area contributed by atoms with Crippen LogP contribution in [0.25, 0.3) is 0 Å². The third-order valence-electron chi connectivity index (χ3n) is 6.85. The maximum atomic E-state index is 12.8. The van der Waals surface area contributed by atoms with E-state index in [-0.39, 0.29) is 11.9 Å². The third-order valence-corrected chi connectivity index (χ3v) is 6.85. The molecule has 31 heavy (non-hydrogen) atoms. The first-order valence-electron chi connectivity index (χ1n) is 11.7. The van der Waals surface area contributed by atoms with Crippen LogP contribution < -0.4 is 9.64 Å². The zero-order valence-corrected chi connectivity index (χ0v) is 18.9. The highest BCUT2D eigenvalue weighted by molar-refractivity contribution is 5.76. The van der Waals surface area contributed by atoms with Crippen LogP contribution in [-0.4, -0.2) is 68.1 Å². The Hall–Kier alpha value is -2.53. The summed E-state index contributed by atoms with van der Waals surface area (Å²) in [6.45, 7) is 7.94. The summed E-state index contributed by atoms with van der Waals surface area (Å²) < 4.78 is 5.55. The summed E-state index contributed by atoms with van der Waals surface area (Å²) in [5.41, 5.74) is 3.96. The standard InChI is InChI=1S/C26H35N3O2/c1-3-26(30)29(23-12-13-24-21(20-23)8-7-11-25(24)31-2)19-16-27-14-17-28(18-15-27)22-9-5-4-6-10-22/h4-11,23H,3,12-20H2,1-2H3. The molecule has 2 aromatic rings. The zero-order valence-electron chi connectivity index (χ0n) is 18.9. The van der Waals surface area contributed by atoms with Gasteiger partial charge in [0.05, 0.1) is 7.11 Å². The number of hydrogen-bond donors (Lipinski definition) is 0. The first-order chi connectivity index (χ1) is 15.2. The predicted molar refractivity (Wildman–Crippen MR) is 126 cm³/mol. The molecule has 1 atom stereocenters. The molecule has 166 valence electrons. The molecule has 4 rings (SSSR count). The fourth-order valence-corrected chi connectivity index (χ4v) is 5.04. The molecule has 1 heterocycles. The molecular formula is C26H35N3O2. The van der Waals surface area contributed by atoms with Crippen LogP contribution in [0.4, 0.5) is 5.69 Å². The average molecular weight is 422 g/mol. The summed E-state index contributed by atoms with van der Waals surface area (Å²) in [5, 5.41) is 0. The molecular weight excluding hydrogens is 386 g/mol. The Morgan fingerprint density at radius 2 is 1.84 bits per heavy atom. The molecule has 0 bridgehead atoms. The molecule has 0 aromatic heterocycles. The molecule has 5 heteroatoms. The summed E-state index contributed by atoms with van der Waals surface area (Å²) in [6.07, 6.45) is 3.50. The molecule has 1 aliphatic heterocycles. The molecule has 2 aromatic carbocycles. The smallest absolute Gasteiger partial charge is 0.222 e. The number of methoxy groups -OCH3 is 1. The van der Waals surface area contributed by atoms with Crippen LogP contribution >= 0.6 is 0 Å². The Morgan fingerprint density at radius 1 is 1.06 bits per heavy atom. The number of anilines is 1. The number of nitrogens with zero attached hydrogens (tertiary/aromatic N) is 3. The number of carbonyl (C=O) groups excluding carboxylic acids is 1. The largest absolute Gasteiger partial charge is 0.496 e. The SMILES string of the molecule is CCC(=O)N(CCN1CCN(c2ccccc2)CC1)C1CCc2c(cccc2OC)C1. The van der Waals surface area contributed by atoms with Crippen LogP contribution in [0.5, 0.6) is 5.75 Å². The van der Waals surface area contributed by atoms with E-state index in [0.717, 1.165) is 64.3 Å². The molecule has 1 unspecified atom stereocenters. The monoisotopic (exact) mass is 421 g/mol. The van der Waals surface area contributed by atoms with Crippen molar-refractivity contribution < 1.29 is 9.53 Å². The number of ether oxygens (including phenoxy) is 1. The average Bonchev–Trinajstić information content (AvgIpc) is 2.84. The summed E-state index contributed by atoms with van der Waals surface area (Å²) in [4.78, 5) is 20.0. The highest BCUT2D eigenvalue weighted by Gasteiger charge is 2.29. The van der Waals surface area contributed by atoms with Gasteiger partial charge in [-0.3, -0.25) is 9.69 Å². The lowest BCUT2D eigenvalue weighted by molar-refractivity contribution is -0.133. The van der Waals surface area contributed by atoms with Gasteiger partial charge in [-0.1, -0.05) is 37.3 Å². The highest BCUT2D eigenvalue weighted by atomic mass is 16.5. The number of hydrogen-bond acceptors (Lipinski definition) is 4. The maximum absolute atomic E-state index is 12.8. The maximum Gasteiger partial charge on any atom is 0.222 e. The predicted octanol–water partition coefficient (Wildman–Crippen LogP) is 3.61. The lowest BCUT2D eigenvalue weighted by Gasteiger charge is -2.39. The fourth-order valence-electron chi connectivity index (χ4n) is 5.04. The van der Waals surface area contributed by atoms with E-state index in [1.807, 2.05) is 13.0 Å². The minimum Gasteiger partial charge on any atom is -0.496 e. The number of benzene rings is 2. The first kappa shape index (κ1) is 21.7. The molecule has 0 radical (unpaired) electrons. The minimum absolute atomic E-state index is 0.277. The van der Waals surface area contributed by atoms with Gasteiger partial charge in [0, 0.05) is 57.4 Å². The second kappa shape index (κ2) is 10.2. The van der Waals surface area contributed by atoms with E-state index >= 15 is 0 Å². The zero-order chi connectivity index (χ0) is 21.6. The van der Waals surface area contributed by atoms with E-state index in [9.17, 15) is 4.79 Å². The second-order valence-corrected chi connectivity index (χ2v) is 8.60. The lowest BCUT2D eigenvalue weighted by Crippen LogP contribution is -2.51. The second-order valence-electron chi connectivity index (χ2n) is 8.60. The Bertz CT molecular complexity index is 862. The number of carbonyl (C=O) groups is 1. The number of rotatable bonds is 7. The number of para-hydroxylation sites is 1. The van der Waals surface area contributed by atoms with Gasteiger partial charge in [-0.15, -0.1) is 0 Å². The van der Waals surface area contributed by atoms with E-state index in [2.05, 4.69) is 57.2 Å². The van der Waals surface area contributed by atoms with Gasteiger partial charge in [-0.05, 0) is 48.6 Å².